The largest absolute Gasteiger partial charge is 0.354 e. The van der Waals surface area contributed by atoms with Crippen molar-refractivity contribution in [1.82, 2.24) is 10.3 Å². The highest BCUT2D eigenvalue weighted by Gasteiger charge is 2.22. The number of aryl methyl sites for hydroxylation is 1. The number of hydrogen-bond acceptors (Lipinski definition) is 3. The van der Waals surface area contributed by atoms with E-state index in [-0.39, 0.29) is 0 Å². The van der Waals surface area contributed by atoms with Gasteiger partial charge in [-0.15, -0.1) is 0 Å². The van der Waals surface area contributed by atoms with Gasteiger partial charge < -0.3 is 10.2 Å². The maximum absolute atomic E-state index is 4.93. The molecule has 1 aromatic heterocycles. The van der Waals surface area contributed by atoms with E-state index in [2.05, 4.69) is 36.2 Å². The molecule has 1 fully saturated rings. The fourth-order valence-corrected chi connectivity index (χ4v) is 3.20. The molecule has 1 aliphatic heterocycles. The van der Waals surface area contributed by atoms with Crippen LogP contribution in [-0.2, 0) is 13.0 Å². The summed E-state index contributed by atoms with van der Waals surface area (Å²) in [6.45, 7) is 6.62. The van der Waals surface area contributed by atoms with E-state index in [1.807, 2.05) is 7.05 Å². The lowest BCUT2D eigenvalue weighted by atomic mass is 9.99. The molecule has 1 aromatic rings. The average Bonchev–Trinajstić information content (AvgIpc) is 2.47. The number of pyridine rings is 1. The van der Waals surface area contributed by atoms with Gasteiger partial charge in [0.1, 0.15) is 5.82 Å². The summed E-state index contributed by atoms with van der Waals surface area (Å²) in [6.07, 6.45) is 7.45. The predicted octanol–water partition coefficient (Wildman–Crippen LogP) is 3.52. The molecule has 1 atom stereocenters. The first kappa shape index (κ1) is 15.3. The summed E-state index contributed by atoms with van der Waals surface area (Å²) in [5, 5.41) is 3.26. The van der Waals surface area contributed by atoms with Crippen LogP contribution in [0.15, 0.2) is 12.1 Å². The van der Waals surface area contributed by atoms with Gasteiger partial charge in [-0.25, -0.2) is 4.98 Å². The molecular formula is C17H29N3. The second-order valence-electron chi connectivity index (χ2n) is 5.86. The minimum absolute atomic E-state index is 0.676. The van der Waals surface area contributed by atoms with E-state index in [9.17, 15) is 0 Å². The first-order chi connectivity index (χ1) is 9.78. The zero-order valence-electron chi connectivity index (χ0n) is 13.3. The van der Waals surface area contributed by atoms with E-state index in [1.165, 1.54) is 49.3 Å². The summed E-state index contributed by atoms with van der Waals surface area (Å²) in [6, 6.07) is 5.22. The van der Waals surface area contributed by atoms with Gasteiger partial charge in [0.25, 0.3) is 0 Å². The van der Waals surface area contributed by atoms with Crippen LogP contribution in [0.3, 0.4) is 0 Å². The van der Waals surface area contributed by atoms with Crippen molar-refractivity contribution in [1.29, 1.82) is 0 Å². The molecule has 0 aliphatic carbocycles. The Morgan fingerprint density at radius 1 is 1.30 bits per heavy atom. The van der Waals surface area contributed by atoms with Crippen LogP contribution in [0.1, 0.15) is 57.2 Å². The minimum atomic E-state index is 0.676. The fraction of sp³-hybridized carbons (Fsp3) is 0.706. The predicted molar refractivity (Wildman–Crippen MR) is 86.3 cm³/mol. The first-order valence-corrected chi connectivity index (χ1v) is 8.19. The maximum Gasteiger partial charge on any atom is 0.129 e. The van der Waals surface area contributed by atoms with Crippen molar-refractivity contribution in [2.75, 3.05) is 18.5 Å². The van der Waals surface area contributed by atoms with E-state index in [0.29, 0.717) is 6.04 Å². The molecule has 1 unspecified atom stereocenters. The molecule has 2 heterocycles. The van der Waals surface area contributed by atoms with Gasteiger partial charge in [0.15, 0.2) is 0 Å². The van der Waals surface area contributed by atoms with Crippen LogP contribution in [0.4, 0.5) is 5.82 Å². The van der Waals surface area contributed by atoms with Gasteiger partial charge in [0.2, 0.25) is 0 Å². The number of nitrogens with zero attached hydrogens (tertiary/aromatic N) is 2. The minimum Gasteiger partial charge on any atom is -0.354 e. The highest BCUT2D eigenvalue weighted by atomic mass is 15.2. The second-order valence-corrected chi connectivity index (χ2v) is 5.86. The lowest BCUT2D eigenvalue weighted by molar-refractivity contribution is 0.446. The highest BCUT2D eigenvalue weighted by Crippen LogP contribution is 2.26. The molecule has 0 amide bonds. The van der Waals surface area contributed by atoms with Crippen molar-refractivity contribution in [3.8, 4) is 0 Å². The van der Waals surface area contributed by atoms with E-state index in [4.69, 9.17) is 4.98 Å². The van der Waals surface area contributed by atoms with Crippen molar-refractivity contribution >= 4 is 5.82 Å². The Kier molecular flexibility index (Phi) is 5.84. The summed E-state index contributed by atoms with van der Waals surface area (Å²) in [7, 11) is 2.01. The molecule has 20 heavy (non-hydrogen) atoms. The Balaban J connectivity index is 2.27. The summed E-state index contributed by atoms with van der Waals surface area (Å²) < 4.78 is 0. The molecule has 0 spiro atoms. The third-order valence-electron chi connectivity index (χ3n) is 4.20. The number of aromatic nitrogens is 1. The molecule has 112 valence electrons. The molecule has 1 saturated heterocycles. The summed E-state index contributed by atoms with van der Waals surface area (Å²) in [4.78, 5) is 7.47. The second kappa shape index (κ2) is 7.63. The van der Waals surface area contributed by atoms with E-state index in [1.54, 1.807) is 0 Å². The van der Waals surface area contributed by atoms with Crippen molar-refractivity contribution in [2.24, 2.45) is 0 Å². The monoisotopic (exact) mass is 275 g/mol. The Labute approximate surface area is 123 Å². The zero-order chi connectivity index (χ0) is 14.4. The van der Waals surface area contributed by atoms with Crippen LogP contribution in [0.25, 0.3) is 0 Å². The van der Waals surface area contributed by atoms with Gasteiger partial charge in [-0.1, -0.05) is 20.3 Å². The summed E-state index contributed by atoms with van der Waals surface area (Å²) in [5.41, 5.74) is 2.61. The van der Waals surface area contributed by atoms with Crippen LogP contribution in [-0.4, -0.2) is 24.6 Å². The third kappa shape index (κ3) is 3.72. The average molecular weight is 275 g/mol. The standard InChI is InChI=1S/C17H29N3/c1-4-8-15-11-14(13-18-3)12-17(19-15)20-10-7-6-9-16(20)5-2/h11-12,16,18H,4-10,13H2,1-3H3. The number of piperidine rings is 1. The maximum atomic E-state index is 4.93. The Hall–Kier alpha value is -1.09. The van der Waals surface area contributed by atoms with Gasteiger partial charge >= 0.3 is 0 Å². The van der Waals surface area contributed by atoms with Crippen molar-refractivity contribution < 1.29 is 0 Å². The van der Waals surface area contributed by atoms with Gasteiger partial charge in [-0.05, 0) is 56.8 Å². The lowest BCUT2D eigenvalue weighted by Crippen LogP contribution is -2.39. The number of rotatable bonds is 6. The topological polar surface area (TPSA) is 28.2 Å². The van der Waals surface area contributed by atoms with E-state index < -0.39 is 0 Å². The summed E-state index contributed by atoms with van der Waals surface area (Å²) >= 11 is 0. The molecule has 2 rings (SSSR count). The molecule has 1 aliphatic rings. The van der Waals surface area contributed by atoms with Gasteiger partial charge in [-0.3, -0.25) is 0 Å². The molecule has 1 N–H and O–H groups in total. The quantitative estimate of drug-likeness (QED) is 0.861. The Morgan fingerprint density at radius 3 is 2.85 bits per heavy atom. The lowest BCUT2D eigenvalue weighted by Gasteiger charge is -2.36. The van der Waals surface area contributed by atoms with Crippen LogP contribution in [0.2, 0.25) is 0 Å². The van der Waals surface area contributed by atoms with Crippen molar-refractivity contribution in [2.45, 2.75) is 65.0 Å². The summed E-state index contributed by atoms with van der Waals surface area (Å²) in [5.74, 6) is 1.20. The van der Waals surface area contributed by atoms with Crippen molar-refractivity contribution in [3.63, 3.8) is 0 Å². The molecular weight excluding hydrogens is 246 g/mol. The van der Waals surface area contributed by atoms with Crippen LogP contribution >= 0.6 is 0 Å². The Bertz CT molecular complexity index is 392. The zero-order valence-corrected chi connectivity index (χ0v) is 13.3. The molecule has 0 saturated carbocycles. The fourth-order valence-electron chi connectivity index (χ4n) is 3.20. The molecule has 3 nitrogen and oxygen atoms in total. The van der Waals surface area contributed by atoms with E-state index >= 15 is 0 Å². The molecule has 0 radical (unpaired) electrons. The highest BCUT2D eigenvalue weighted by molar-refractivity contribution is 5.44. The first-order valence-electron chi connectivity index (χ1n) is 8.19. The SMILES string of the molecule is CCCc1cc(CNC)cc(N2CCCCC2CC)n1. The van der Waals surface area contributed by atoms with Gasteiger partial charge in [-0.2, -0.15) is 0 Å². The third-order valence-corrected chi connectivity index (χ3v) is 4.20. The van der Waals surface area contributed by atoms with Crippen LogP contribution in [0.5, 0.6) is 0 Å². The van der Waals surface area contributed by atoms with E-state index in [0.717, 1.165) is 19.4 Å². The molecule has 0 aromatic carbocycles. The Morgan fingerprint density at radius 2 is 2.15 bits per heavy atom. The molecule has 0 bridgehead atoms. The van der Waals surface area contributed by atoms with Crippen LogP contribution < -0.4 is 10.2 Å². The smallest absolute Gasteiger partial charge is 0.129 e. The van der Waals surface area contributed by atoms with Crippen LogP contribution in [0, 0.1) is 0 Å². The number of hydrogen-bond donors (Lipinski definition) is 1. The normalized spacial score (nSPS) is 19.4. The number of nitrogens with one attached hydrogen (secondary N) is 1. The number of anilines is 1. The van der Waals surface area contributed by atoms with Gasteiger partial charge in [0.05, 0.1) is 0 Å². The van der Waals surface area contributed by atoms with Gasteiger partial charge in [0, 0.05) is 24.8 Å². The molecule has 3 heteroatoms. The van der Waals surface area contributed by atoms with Crippen molar-refractivity contribution in [3.05, 3.63) is 23.4 Å².